The second-order valence-corrected chi connectivity index (χ2v) is 6.03. The molecule has 6 heteroatoms. The van der Waals surface area contributed by atoms with Crippen LogP contribution in [0.2, 0.25) is 0 Å². The molecule has 0 amide bonds. The first-order valence-electron chi connectivity index (χ1n) is 7.15. The Balaban J connectivity index is 2.44. The van der Waals surface area contributed by atoms with Crippen LogP contribution in [-0.4, -0.2) is 11.6 Å². The molecular formula is C17H17F3N2S. The van der Waals surface area contributed by atoms with E-state index in [4.69, 9.17) is 5.73 Å². The molecule has 23 heavy (non-hydrogen) atoms. The molecular weight excluding hydrogens is 321 g/mol. The molecule has 0 aliphatic carbocycles. The second kappa shape index (κ2) is 7.55. The third-order valence-electron chi connectivity index (χ3n) is 3.06. The predicted octanol–water partition coefficient (Wildman–Crippen LogP) is 5.24. The first-order valence-corrected chi connectivity index (χ1v) is 8.14. The summed E-state index contributed by atoms with van der Waals surface area (Å²) < 4.78 is 38.8. The molecule has 0 spiro atoms. The molecule has 0 bridgehead atoms. The normalized spacial score (nSPS) is 12.4. The zero-order valence-electron chi connectivity index (χ0n) is 12.6. The summed E-state index contributed by atoms with van der Waals surface area (Å²) in [6.45, 7) is 2.01. The molecule has 0 heterocycles. The molecule has 122 valence electrons. The Morgan fingerprint density at radius 1 is 1.13 bits per heavy atom. The molecule has 0 fully saturated rings. The minimum atomic E-state index is -4.40. The van der Waals surface area contributed by atoms with Gasteiger partial charge in [-0.25, -0.2) is 4.99 Å². The first kappa shape index (κ1) is 17.4. The summed E-state index contributed by atoms with van der Waals surface area (Å²) in [7, 11) is 0. The Bertz CT molecular complexity index is 682. The molecule has 0 radical (unpaired) electrons. The number of halogens is 3. The highest BCUT2D eigenvalue weighted by Gasteiger charge is 2.31. The van der Waals surface area contributed by atoms with Gasteiger partial charge in [0.25, 0.3) is 0 Å². The molecule has 0 saturated carbocycles. The van der Waals surface area contributed by atoms with Crippen LogP contribution >= 0.6 is 11.8 Å². The molecule has 0 unspecified atom stereocenters. The maximum absolute atomic E-state index is 12.9. The van der Waals surface area contributed by atoms with Gasteiger partial charge in [-0.3, -0.25) is 0 Å². The quantitative estimate of drug-likeness (QED) is 0.460. The van der Waals surface area contributed by atoms with Gasteiger partial charge in [0.2, 0.25) is 0 Å². The molecule has 0 atom stereocenters. The standard InChI is InChI=1S/C17H17F3N2S/c1-2-10-23-15-9-8-13(17(18,19)20)11-14(15)22-16(21)12-6-4-3-5-7-12/h3-9,11H,2,10H2,1H3,(H2,21,22). The van der Waals surface area contributed by atoms with Gasteiger partial charge < -0.3 is 5.73 Å². The maximum atomic E-state index is 12.9. The largest absolute Gasteiger partial charge is 0.416 e. The van der Waals surface area contributed by atoms with Crippen molar-refractivity contribution in [3.63, 3.8) is 0 Å². The average molecular weight is 338 g/mol. The Hall–Kier alpha value is -1.95. The number of aliphatic imine (C=N–C) groups is 1. The summed E-state index contributed by atoms with van der Waals surface area (Å²) >= 11 is 1.47. The predicted molar refractivity (Wildman–Crippen MR) is 89.3 cm³/mol. The van der Waals surface area contributed by atoms with Gasteiger partial charge in [-0.05, 0) is 30.4 Å². The van der Waals surface area contributed by atoms with Crippen molar-refractivity contribution in [1.29, 1.82) is 0 Å². The van der Waals surface area contributed by atoms with Crippen molar-refractivity contribution < 1.29 is 13.2 Å². The fourth-order valence-corrected chi connectivity index (χ4v) is 2.76. The molecule has 2 aromatic carbocycles. The summed E-state index contributed by atoms with van der Waals surface area (Å²) in [5, 5.41) is 0. The fraction of sp³-hybridized carbons (Fsp3) is 0.235. The van der Waals surface area contributed by atoms with Gasteiger partial charge >= 0.3 is 6.18 Å². The lowest BCUT2D eigenvalue weighted by Crippen LogP contribution is -2.12. The molecule has 2 N–H and O–H groups in total. The van der Waals surface area contributed by atoms with Crippen molar-refractivity contribution in [1.82, 2.24) is 0 Å². The highest BCUT2D eigenvalue weighted by atomic mass is 32.2. The summed E-state index contributed by atoms with van der Waals surface area (Å²) in [5.74, 6) is 1.00. The van der Waals surface area contributed by atoms with Crippen molar-refractivity contribution >= 4 is 23.3 Å². The van der Waals surface area contributed by atoms with Crippen molar-refractivity contribution in [3.8, 4) is 0 Å². The Morgan fingerprint density at radius 3 is 2.43 bits per heavy atom. The average Bonchev–Trinajstić information content (AvgIpc) is 2.53. The van der Waals surface area contributed by atoms with Crippen molar-refractivity contribution in [2.75, 3.05) is 5.75 Å². The van der Waals surface area contributed by atoms with Gasteiger partial charge in [0, 0.05) is 10.5 Å². The van der Waals surface area contributed by atoms with Crippen LogP contribution in [0.3, 0.4) is 0 Å². The second-order valence-electron chi connectivity index (χ2n) is 4.89. The van der Waals surface area contributed by atoms with Crippen LogP contribution in [0, 0.1) is 0 Å². The summed E-state index contributed by atoms with van der Waals surface area (Å²) in [6, 6.07) is 12.6. The van der Waals surface area contributed by atoms with Gasteiger partial charge in [-0.2, -0.15) is 13.2 Å². The number of hydrogen-bond donors (Lipinski definition) is 1. The Kier molecular flexibility index (Phi) is 5.71. The van der Waals surface area contributed by atoms with Gasteiger partial charge in [0.05, 0.1) is 11.3 Å². The lowest BCUT2D eigenvalue weighted by atomic mass is 10.2. The number of nitrogens with zero attached hydrogens (tertiary/aromatic N) is 1. The number of alkyl halides is 3. The zero-order chi connectivity index (χ0) is 16.9. The molecule has 0 saturated heterocycles. The van der Waals surface area contributed by atoms with Crippen molar-refractivity contribution in [2.24, 2.45) is 10.7 Å². The molecule has 2 aromatic rings. The van der Waals surface area contributed by atoms with Crippen LogP contribution in [0.15, 0.2) is 58.4 Å². The van der Waals surface area contributed by atoms with E-state index in [9.17, 15) is 13.2 Å². The molecule has 2 rings (SSSR count). The number of amidine groups is 1. The SMILES string of the molecule is CCCSc1ccc(C(F)(F)F)cc1N=C(N)c1ccccc1. The van der Waals surface area contributed by atoms with Crippen molar-refractivity contribution in [2.45, 2.75) is 24.4 Å². The molecule has 0 aromatic heterocycles. The van der Waals surface area contributed by atoms with E-state index >= 15 is 0 Å². The third-order valence-corrected chi connectivity index (χ3v) is 4.33. The molecule has 2 nitrogen and oxygen atoms in total. The van der Waals surface area contributed by atoms with E-state index < -0.39 is 11.7 Å². The van der Waals surface area contributed by atoms with Crippen molar-refractivity contribution in [3.05, 3.63) is 59.7 Å². The fourth-order valence-electron chi connectivity index (χ4n) is 1.92. The highest BCUT2D eigenvalue weighted by Crippen LogP contribution is 2.37. The lowest BCUT2D eigenvalue weighted by molar-refractivity contribution is -0.137. The van der Waals surface area contributed by atoms with Crippen LogP contribution in [0.1, 0.15) is 24.5 Å². The van der Waals surface area contributed by atoms with E-state index in [1.807, 2.05) is 13.0 Å². The van der Waals surface area contributed by atoms with Crippen LogP contribution in [0.25, 0.3) is 0 Å². The minimum absolute atomic E-state index is 0.197. The highest BCUT2D eigenvalue weighted by molar-refractivity contribution is 7.99. The Labute approximate surface area is 137 Å². The van der Waals surface area contributed by atoms with E-state index in [1.54, 1.807) is 24.3 Å². The summed E-state index contributed by atoms with van der Waals surface area (Å²) in [5.41, 5.74) is 6.15. The number of hydrogen-bond acceptors (Lipinski definition) is 2. The number of benzene rings is 2. The van der Waals surface area contributed by atoms with Crippen LogP contribution in [0.5, 0.6) is 0 Å². The first-order chi connectivity index (χ1) is 10.9. The van der Waals surface area contributed by atoms with E-state index in [-0.39, 0.29) is 11.5 Å². The van der Waals surface area contributed by atoms with E-state index in [2.05, 4.69) is 4.99 Å². The topological polar surface area (TPSA) is 38.4 Å². The smallest absolute Gasteiger partial charge is 0.383 e. The van der Waals surface area contributed by atoms with E-state index in [0.717, 1.165) is 24.3 Å². The number of nitrogens with two attached hydrogens (primary N) is 1. The van der Waals surface area contributed by atoms with E-state index in [1.165, 1.54) is 17.8 Å². The molecule has 0 aliphatic heterocycles. The van der Waals surface area contributed by atoms with Gasteiger partial charge in [0.1, 0.15) is 5.84 Å². The van der Waals surface area contributed by atoms with Crippen LogP contribution in [0.4, 0.5) is 18.9 Å². The van der Waals surface area contributed by atoms with Crippen LogP contribution in [-0.2, 0) is 6.18 Å². The van der Waals surface area contributed by atoms with Crippen LogP contribution < -0.4 is 5.73 Å². The van der Waals surface area contributed by atoms with Gasteiger partial charge in [-0.15, -0.1) is 11.8 Å². The third kappa shape index (κ3) is 4.76. The maximum Gasteiger partial charge on any atom is 0.416 e. The number of thioether (sulfide) groups is 1. The summed E-state index contributed by atoms with van der Waals surface area (Å²) in [4.78, 5) is 4.92. The van der Waals surface area contributed by atoms with Gasteiger partial charge in [0.15, 0.2) is 0 Å². The number of rotatable bonds is 5. The van der Waals surface area contributed by atoms with Gasteiger partial charge in [-0.1, -0.05) is 37.3 Å². The van der Waals surface area contributed by atoms with E-state index in [0.29, 0.717) is 10.5 Å². The Morgan fingerprint density at radius 2 is 1.83 bits per heavy atom. The monoisotopic (exact) mass is 338 g/mol. The summed E-state index contributed by atoms with van der Waals surface area (Å²) in [6.07, 6.45) is -3.48. The lowest BCUT2D eigenvalue weighted by Gasteiger charge is -2.11. The minimum Gasteiger partial charge on any atom is -0.383 e. The zero-order valence-corrected chi connectivity index (χ0v) is 13.4. The molecule has 0 aliphatic rings.